The summed E-state index contributed by atoms with van der Waals surface area (Å²) in [4.78, 5) is 0. The SMILES string of the molecule is CC(C)(C)C1CC(N)CC1C(C)(C)C. The van der Waals surface area contributed by atoms with Gasteiger partial charge in [-0.3, -0.25) is 0 Å². The van der Waals surface area contributed by atoms with E-state index in [1.807, 2.05) is 0 Å². The van der Waals surface area contributed by atoms with Crippen molar-refractivity contribution in [3.63, 3.8) is 0 Å². The molecular formula is C13H27N. The second-order valence-electron chi connectivity index (χ2n) is 7.18. The van der Waals surface area contributed by atoms with Crippen molar-refractivity contribution in [3.05, 3.63) is 0 Å². The molecule has 1 rings (SSSR count). The third-order valence-corrected chi connectivity index (χ3v) is 3.82. The quantitative estimate of drug-likeness (QED) is 0.632. The summed E-state index contributed by atoms with van der Waals surface area (Å²) in [6.45, 7) is 14.1. The molecular weight excluding hydrogens is 170 g/mol. The van der Waals surface area contributed by atoms with Gasteiger partial charge in [-0.1, -0.05) is 41.5 Å². The van der Waals surface area contributed by atoms with E-state index in [2.05, 4.69) is 41.5 Å². The molecule has 0 amide bonds. The maximum atomic E-state index is 6.11. The minimum Gasteiger partial charge on any atom is -0.328 e. The first-order valence-corrected chi connectivity index (χ1v) is 5.88. The molecule has 84 valence electrons. The Kier molecular flexibility index (Phi) is 3.02. The van der Waals surface area contributed by atoms with Crippen LogP contribution in [0.15, 0.2) is 0 Å². The van der Waals surface area contributed by atoms with Crippen LogP contribution < -0.4 is 5.73 Å². The average molecular weight is 197 g/mol. The fraction of sp³-hybridized carbons (Fsp3) is 1.00. The van der Waals surface area contributed by atoms with Crippen LogP contribution in [0.3, 0.4) is 0 Å². The summed E-state index contributed by atoms with van der Waals surface area (Å²) in [6, 6.07) is 0.434. The van der Waals surface area contributed by atoms with Gasteiger partial charge < -0.3 is 5.73 Å². The van der Waals surface area contributed by atoms with Crippen LogP contribution in [-0.4, -0.2) is 6.04 Å². The molecule has 0 aromatic rings. The van der Waals surface area contributed by atoms with E-state index >= 15 is 0 Å². The smallest absolute Gasteiger partial charge is 0.00447 e. The van der Waals surface area contributed by atoms with E-state index in [0.29, 0.717) is 16.9 Å². The normalized spacial score (nSPS) is 34.9. The second-order valence-corrected chi connectivity index (χ2v) is 7.18. The lowest BCUT2D eigenvalue weighted by Crippen LogP contribution is -2.32. The highest BCUT2D eigenvalue weighted by molar-refractivity contribution is 4.95. The molecule has 0 bridgehead atoms. The number of hydrogen-bond donors (Lipinski definition) is 1. The first kappa shape index (κ1) is 12.0. The molecule has 2 unspecified atom stereocenters. The largest absolute Gasteiger partial charge is 0.328 e. The molecule has 1 heteroatoms. The van der Waals surface area contributed by atoms with Gasteiger partial charge in [-0.2, -0.15) is 0 Å². The summed E-state index contributed by atoms with van der Waals surface area (Å²) in [7, 11) is 0. The van der Waals surface area contributed by atoms with Gasteiger partial charge in [-0.15, -0.1) is 0 Å². The van der Waals surface area contributed by atoms with Gasteiger partial charge in [0.2, 0.25) is 0 Å². The van der Waals surface area contributed by atoms with Crippen molar-refractivity contribution in [3.8, 4) is 0 Å². The van der Waals surface area contributed by atoms with E-state index in [1.165, 1.54) is 12.8 Å². The molecule has 0 radical (unpaired) electrons. The molecule has 2 N–H and O–H groups in total. The molecule has 1 nitrogen and oxygen atoms in total. The first-order valence-electron chi connectivity index (χ1n) is 5.88. The van der Waals surface area contributed by atoms with Crippen LogP contribution >= 0.6 is 0 Å². The fourth-order valence-electron chi connectivity index (χ4n) is 2.99. The molecule has 1 saturated carbocycles. The summed E-state index contributed by atoms with van der Waals surface area (Å²) >= 11 is 0. The zero-order valence-corrected chi connectivity index (χ0v) is 10.7. The van der Waals surface area contributed by atoms with E-state index in [9.17, 15) is 0 Å². The van der Waals surface area contributed by atoms with Crippen molar-refractivity contribution in [1.29, 1.82) is 0 Å². The number of nitrogens with two attached hydrogens (primary N) is 1. The molecule has 1 aliphatic carbocycles. The van der Waals surface area contributed by atoms with Crippen molar-refractivity contribution < 1.29 is 0 Å². The van der Waals surface area contributed by atoms with Crippen molar-refractivity contribution in [2.45, 2.75) is 60.4 Å². The van der Waals surface area contributed by atoms with Gasteiger partial charge in [0.25, 0.3) is 0 Å². The van der Waals surface area contributed by atoms with Gasteiger partial charge in [-0.05, 0) is 35.5 Å². The fourth-order valence-corrected chi connectivity index (χ4v) is 2.99. The molecule has 0 spiro atoms. The van der Waals surface area contributed by atoms with Crippen LogP contribution in [0.4, 0.5) is 0 Å². The van der Waals surface area contributed by atoms with Crippen LogP contribution in [0.1, 0.15) is 54.4 Å². The van der Waals surface area contributed by atoms with Gasteiger partial charge in [0.15, 0.2) is 0 Å². The molecule has 0 aromatic carbocycles. The molecule has 0 heterocycles. The minimum atomic E-state index is 0.409. The van der Waals surface area contributed by atoms with Gasteiger partial charge in [0, 0.05) is 6.04 Å². The lowest BCUT2D eigenvalue weighted by molar-refractivity contribution is 0.0992. The molecule has 2 atom stereocenters. The maximum Gasteiger partial charge on any atom is 0.00447 e. The topological polar surface area (TPSA) is 26.0 Å². The predicted octanol–water partition coefficient (Wildman–Crippen LogP) is 3.43. The van der Waals surface area contributed by atoms with E-state index < -0.39 is 0 Å². The van der Waals surface area contributed by atoms with Gasteiger partial charge in [0.1, 0.15) is 0 Å². The van der Waals surface area contributed by atoms with Gasteiger partial charge in [0.05, 0.1) is 0 Å². The maximum absolute atomic E-state index is 6.11. The van der Waals surface area contributed by atoms with Gasteiger partial charge >= 0.3 is 0 Å². The Bertz CT molecular complexity index is 172. The predicted molar refractivity (Wildman–Crippen MR) is 63.1 cm³/mol. The standard InChI is InChI=1S/C13H27N/c1-12(2,3)10-7-9(14)8-11(10)13(4,5)6/h9-11H,7-8,14H2,1-6H3. The molecule has 1 aliphatic rings. The van der Waals surface area contributed by atoms with Crippen molar-refractivity contribution in [2.75, 3.05) is 0 Å². The minimum absolute atomic E-state index is 0.409. The average Bonchev–Trinajstić information content (AvgIpc) is 2.27. The molecule has 0 aliphatic heterocycles. The summed E-state index contributed by atoms with van der Waals surface area (Å²) < 4.78 is 0. The van der Waals surface area contributed by atoms with E-state index in [-0.39, 0.29) is 0 Å². The Hall–Kier alpha value is -0.0400. The molecule has 0 aromatic heterocycles. The Morgan fingerprint density at radius 2 is 1.07 bits per heavy atom. The highest BCUT2D eigenvalue weighted by Crippen LogP contribution is 2.50. The van der Waals surface area contributed by atoms with Crippen LogP contribution in [-0.2, 0) is 0 Å². The van der Waals surface area contributed by atoms with E-state index in [0.717, 1.165) is 11.8 Å². The van der Waals surface area contributed by atoms with Crippen LogP contribution in [0.2, 0.25) is 0 Å². The van der Waals surface area contributed by atoms with Crippen molar-refractivity contribution >= 4 is 0 Å². The van der Waals surface area contributed by atoms with Crippen LogP contribution in [0.25, 0.3) is 0 Å². The molecule has 1 fully saturated rings. The highest BCUT2D eigenvalue weighted by atomic mass is 14.7. The Morgan fingerprint density at radius 1 is 0.786 bits per heavy atom. The molecule has 14 heavy (non-hydrogen) atoms. The van der Waals surface area contributed by atoms with Crippen molar-refractivity contribution in [2.24, 2.45) is 28.4 Å². The third kappa shape index (κ3) is 2.50. The summed E-state index contributed by atoms with van der Waals surface area (Å²) in [5, 5.41) is 0. The lowest BCUT2D eigenvalue weighted by atomic mass is 9.66. The monoisotopic (exact) mass is 197 g/mol. The summed E-state index contributed by atoms with van der Waals surface area (Å²) in [6.07, 6.45) is 2.43. The number of hydrogen-bond acceptors (Lipinski definition) is 1. The van der Waals surface area contributed by atoms with Gasteiger partial charge in [-0.25, -0.2) is 0 Å². The Morgan fingerprint density at radius 3 is 1.29 bits per heavy atom. The molecule has 0 saturated heterocycles. The second kappa shape index (κ2) is 3.52. The van der Waals surface area contributed by atoms with E-state index in [1.54, 1.807) is 0 Å². The van der Waals surface area contributed by atoms with Crippen LogP contribution in [0, 0.1) is 22.7 Å². The zero-order chi connectivity index (χ0) is 11.1. The number of rotatable bonds is 0. The summed E-state index contributed by atoms with van der Waals surface area (Å²) in [5.74, 6) is 1.58. The zero-order valence-electron chi connectivity index (χ0n) is 10.7. The Balaban J connectivity index is 2.84. The Labute approximate surface area is 89.5 Å². The summed E-state index contributed by atoms with van der Waals surface area (Å²) in [5.41, 5.74) is 6.93. The lowest BCUT2D eigenvalue weighted by Gasteiger charge is -2.39. The first-order chi connectivity index (χ1) is 6.12. The third-order valence-electron chi connectivity index (χ3n) is 3.82. The van der Waals surface area contributed by atoms with Crippen LogP contribution in [0.5, 0.6) is 0 Å². The van der Waals surface area contributed by atoms with Crippen molar-refractivity contribution in [1.82, 2.24) is 0 Å². The van der Waals surface area contributed by atoms with E-state index in [4.69, 9.17) is 5.73 Å². The highest BCUT2D eigenvalue weighted by Gasteiger charge is 2.44.